The summed E-state index contributed by atoms with van der Waals surface area (Å²) in [5, 5.41) is 14.8. The number of morpholine rings is 1. The number of aromatic nitrogens is 4. The van der Waals surface area contributed by atoms with Gasteiger partial charge in [-0.2, -0.15) is 0 Å². The van der Waals surface area contributed by atoms with Crippen LogP contribution in [0.3, 0.4) is 0 Å². The number of rotatable bonds is 9. The van der Waals surface area contributed by atoms with Crippen LogP contribution in [0.15, 0.2) is 54.9 Å². The summed E-state index contributed by atoms with van der Waals surface area (Å²) in [6, 6.07) is 15.0. The zero-order valence-electron chi connectivity index (χ0n) is 23.9. The first-order valence-electron chi connectivity index (χ1n) is 14.8. The van der Waals surface area contributed by atoms with E-state index in [1.807, 2.05) is 30.6 Å². The summed E-state index contributed by atoms with van der Waals surface area (Å²) in [5.74, 6) is 2.19. The number of nitrogens with one attached hydrogen (secondary N) is 2. The minimum atomic E-state index is -0.167. The zero-order valence-corrected chi connectivity index (χ0v) is 24.7. The number of benzene rings is 1. The Hall–Kier alpha value is -3.11. The predicted molar refractivity (Wildman–Crippen MR) is 164 cm³/mol. The third-order valence-corrected chi connectivity index (χ3v) is 9.69. The van der Waals surface area contributed by atoms with Crippen molar-refractivity contribution in [3.63, 3.8) is 0 Å². The molecule has 216 valence electrons. The molecule has 1 saturated carbocycles. The topological polar surface area (TPSA) is 99.2 Å². The highest BCUT2D eigenvalue weighted by Crippen LogP contribution is 2.37. The minimum absolute atomic E-state index is 0.167. The van der Waals surface area contributed by atoms with Crippen LogP contribution in [0.5, 0.6) is 0 Å². The van der Waals surface area contributed by atoms with Crippen LogP contribution in [0, 0.1) is 0 Å². The molecule has 3 N–H and O–H groups in total. The lowest BCUT2D eigenvalue weighted by Gasteiger charge is -2.29. The Morgan fingerprint density at radius 1 is 1.05 bits per heavy atom. The number of hydrogen-bond acceptors (Lipinski definition) is 8. The minimum Gasteiger partial charge on any atom is -0.393 e. The lowest BCUT2D eigenvalue weighted by molar-refractivity contribution is 0.0342. The van der Waals surface area contributed by atoms with E-state index in [1.54, 1.807) is 11.3 Å². The molecule has 0 spiro atoms. The normalized spacial score (nSPS) is 21.4. The smallest absolute Gasteiger partial charge is 0.138 e. The van der Waals surface area contributed by atoms with Gasteiger partial charge in [-0.1, -0.05) is 44.2 Å². The first-order valence-corrected chi connectivity index (χ1v) is 15.7. The molecule has 6 rings (SSSR count). The van der Waals surface area contributed by atoms with E-state index in [0.717, 1.165) is 97.0 Å². The molecule has 9 heteroatoms. The van der Waals surface area contributed by atoms with Gasteiger partial charge in [-0.25, -0.2) is 15.0 Å². The number of aromatic amines is 1. The molecule has 8 nitrogen and oxygen atoms in total. The van der Waals surface area contributed by atoms with E-state index in [4.69, 9.17) is 19.7 Å². The number of thiazole rings is 1. The van der Waals surface area contributed by atoms with Gasteiger partial charge in [0, 0.05) is 61.2 Å². The Morgan fingerprint density at radius 2 is 1.83 bits per heavy atom. The van der Waals surface area contributed by atoms with Crippen molar-refractivity contribution in [3.05, 3.63) is 71.1 Å². The van der Waals surface area contributed by atoms with Crippen LogP contribution >= 0.6 is 11.3 Å². The van der Waals surface area contributed by atoms with Crippen LogP contribution in [0.2, 0.25) is 0 Å². The fourth-order valence-corrected chi connectivity index (χ4v) is 6.77. The Balaban J connectivity index is 1.21. The molecule has 1 saturated heterocycles. The molecule has 2 fully saturated rings. The quantitative estimate of drug-likeness (QED) is 0.225. The Labute approximate surface area is 246 Å². The van der Waals surface area contributed by atoms with E-state index >= 15 is 0 Å². The van der Waals surface area contributed by atoms with Gasteiger partial charge >= 0.3 is 0 Å². The maximum absolute atomic E-state index is 9.96. The number of pyridine rings is 1. The molecule has 3 aromatic heterocycles. The van der Waals surface area contributed by atoms with Gasteiger partial charge in [0.25, 0.3) is 0 Å². The number of hydrogen-bond donors (Lipinski definition) is 3. The first-order chi connectivity index (χ1) is 20.0. The van der Waals surface area contributed by atoms with Crippen molar-refractivity contribution >= 4 is 17.2 Å². The molecule has 0 amide bonds. The van der Waals surface area contributed by atoms with Crippen molar-refractivity contribution in [1.29, 1.82) is 0 Å². The average Bonchev–Trinajstić information content (AvgIpc) is 3.69. The molecule has 2 aliphatic rings. The van der Waals surface area contributed by atoms with E-state index in [1.165, 1.54) is 5.56 Å². The van der Waals surface area contributed by atoms with Gasteiger partial charge in [0.05, 0.1) is 29.2 Å². The molecular weight excluding hydrogens is 532 g/mol. The fraction of sp³-hybridized carbons (Fsp3) is 0.469. The fourth-order valence-electron chi connectivity index (χ4n) is 5.73. The van der Waals surface area contributed by atoms with Crippen LogP contribution in [0.1, 0.15) is 67.6 Å². The number of imidazole rings is 1. The molecule has 1 unspecified atom stereocenters. The standard InChI is InChI=1S/C32H40N6O2S/c1-21(22(2)32-34-19-29(41-32)28-18-33-31(37-28)24-6-4-3-5-7-24)27-16-23(20-38-12-14-40-15-13-38)17-30(36-27)35-25-8-10-26(39)11-9-25/h3-7,16-19,21-22,25-26,39H,8-15,20H2,1-2H3,(H,33,37)(H,35,36)/t21?,22-,25?,26?/m1/s1. The lowest BCUT2D eigenvalue weighted by atomic mass is 9.91. The van der Waals surface area contributed by atoms with Crippen LogP contribution in [-0.4, -0.2) is 68.4 Å². The van der Waals surface area contributed by atoms with Gasteiger partial charge < -0.3 is 20.1 Å². The molecule has 0 radical (unpaired) electrons. The molecule has 1 aromatic carbocycles. The largest absolute Gasteiger partial charge is 0.393 e. The van der Waals surface area contributed by atoms with Crippen molar-refractivity contribution in [2.75, 3.05) is 31.6 Å². The SMILES string of the molecule is CC(c1cc(CN2CCOCC2)cc(NC2CCC(O)CC2)n1)[C@@H](C)c1ncc(-c2c[nH]c(-c3ccccc3)n2)s1. The van der Waals surface area contributed by atoms with Crippen LogP contribution in [0.25, 0.3) is 22.0 Å². The summed E-state index contributed by atoms with van der Waals surface area (Å²) in [6.07, 6.45) is 7.38. The van der Waals surface area contributed by atoms with Gasteiger partial charge in [0.2, 0.25) is 0 Å². The second kappa shape index (κ2) is 12.8. The Bertz CT molecular complexity index is 1410. The monoisotopic (exact) mass is 572 g/mol. The number of nitrogens with zero attached hydrogens (tertiary/aromatic N) is 4. The summed E-state index contributed by atoms with van der Waals surface area (Å²) >= 11 is 1.71. The van der Waals surface area contributed by atoms with Crippen LogP contribution < -0.4 is 5.32 Å². The first kappa shape index (κ1) is 28.0. The van der Waals surface area contributed by atoms with E-state index in [2.05, 4.69) is 53.3 Å². The highest BCUT2D eigenvalue weighted by Gasteiger charge is 2.25. The van der Waals surface area contributed by atoms with Crippen molar-refractivity contribution in [2.45, 2.75) is 70.1 Å². The second-order valence-electron chi connectivity index (χ2n) is 11.5. The van der Waals surface area contributed by atoms with E-state index < -0.39 is 0 Å². The van der Waals surface area contributed by atoms with Crippen molar-refractivity contribution in [1.82, 2.24) is 24.8 Å². The summed E-state index contributed by atoms with van der Waals surface area (Å²) in [4.78, 5) is 21.6. The number of anilines is 1. The number of H-pyrrole nitrogens is 1. The Kier molecular flexibility index (Phi) is 8.76. The van der Waals surface area contributed by atoms with Crippen molar-refractivity contribution in [3.8, 4) is 22.0 Å². The third kappa shape index (κ3) is 6.86. The molecule has 4 heterocycles. The molecule has 1 aliphatic carbocycles. The van der Waals surface area contributed by atoms with Crippen LogP contribution in [0.4, 0.5) is 5.82 Å². The lowest BCUT2D eigenvalue weighted by Crippen LogP contribution is -2.35. The predicted octanol–water partition coefficient (Wildman–Crippen LogP) is 6.05. The van der Waals surface area contributed by atoms with Crippen molar-refractivity contribution < 1.29 is 9.84 Å². The summed E-state index contributed by atoms with van der Waals surface area (Å²) in [5.41, 5.74) is 4.35. The van der Waals surface area contributed by atoms with Gasteiger partial charge in [0.1, 0.15) is 17.3 Å². The third-order valence-electron chi connectivity index (χ3n) is 8.47. The second-order valence-corrected chi connectivity index (χ2v) is 12.5. The molecular formula is C32H40N6O2S. The van der Waals surface area contributed by atoms with Crippen molar-refractivity contribution in [2.24, 2.45) is 0 Å². The summed E-state index contributed by atoms with van der Waals surface area (Å²) in [6.45, 7) is 8.88. The van der Waals surface area contributed by atoms with E-state index in [0.29, 0.717) is 6.04 Å². The number of aliphatic hydroxyl groups excluding tert-OH is 1. The maximum atomic E-state index is 9.96. The molecule has 1 aliphatic heterocycles. The van der Waals surface area contributed by atoms with E-state index in [-0.39, 0.29) is 17.9 Å². The maximum Gasteiger partial charge on any atom is 0.138 e. The molecule has 2 atom stereocenters. The van der Waals surface area contributed by atoms with Gasteiger partial charge in [0.15, 0.2) is 0 Å². The zero-order chi connectivity index (χ0) is 28.2. The highest BCUT2D eigenvalue weighted by molar-refractivity contribution is 7.15. The van der Waals surface area contributed by atoms with E-state index in [9.17, 15) is 5.11 Å². The van der Waals surface area contributed by atoms with Gasteiger partial charge in [-0.3, -0.25) is 4.90 Å². The number of aliphatic hydroxyl groups is 1. The average molecular weight is 573 g/mol. The number of ether oxygens (including phenoxy) is 1. The summed E-state index contributed by atoms with van der Waals surface area (Å²) in [7, 11) is 0. The van der Waals surface area contributed by atoms with Crippen LogP contribution in [-0.2, 0) is 11.3 Å². The van der Waals surface area contributed by atoms with Gasteiger partial charge in [-0.15, -0.1) is 11.3 Å². The summed E-state index contributed by atoms with van der Waals surface area (Å²) < 4.78 is 5.57. The molecule has 41 heavy (non-hydrogen) atoms. The Morgan fingerprint density at radius 3 is 2.61 bits per heavy atom. The molecule has 0 bridgehead atoms. The highest BCUT2D eigenvalue weighted by atomic mass is 32.1. The van der Waals surface area contributed by atoms with Gasteiger partial charge in [-0.05, 0) is 43.4 Å². The molecule has 4 aromatic rings.